The molecule has 2 amide bonds. The van der Waals surface area contributed by atoms with Gasteiger partial charge in [-0.25, -0.2) is 0 Å². The molecule has 2 aromatic carbocycles. The molecule has 1 atom stereocenters. The highest BCUT2D eigenvalue weighted by molar-refractivity contribution is 7.99. The summed E-state index contributed by atoms with van der Waals surface area (Å²) in [6, 6.07) is 14.5. The molecule has 10 nitrogen and oxygen atoms in total. The van der Waals surface area contributed by atoms with Gasteiger partial charge in [-0.05, 0) is 24.1 Å². The highest BCUT2D eigenvalue weighted by Gasteiger charge is 2.25. The molecule has 172 valence electrons. The number of para-hydroxylation sites is 2. The summed E-state index contributed by atoms with van der Waals surface area (Å²) in [5.41, 5.74) is 0.507. The van der Waals surface area contributed by atoms with Gasteiger partial charge in [0.15, 0.2) is 11.0 Å². The van der Waals surface area contributed by atoms with Gasteiger partial charge in [-0.3, -0.25) is 19.7 Å². The first-order valence-corrected chi connectivity index (χ1v) is 11.2. The average molecular weight is 469 g/mol. The minimum absolute atomic E-state index is 0.0132. The van der Waals surface area contributed by atoms with Crippen molar-refractivity contribution in [3.63, 3.8) is 0 Å². The van der Waals surface area contributed by atoms with Crippen molar-refractivity contribution in [3.8, 4) is 0 Å². The Morgan fingerprint density at radius 3 is 2.42 bits per heavy atom. The van der Waals surface area contributed by atoms with Crippen molar-refractivity contribution in [1.82, 2.24) is 20.1 Å². The summed E-state index contributed by atoms with van der Waals surface area (Å²) in [6.07, 6.45) is 0. The number of aromatic nitrogens is 3. The SMILES string of the molecule is CC(C)[C@@H](NC(=O)c1ccccc1)c1nnc(SCC(=O)Nc2ccccc2[N+](=O)[O-])n1C. The van der Waals surface area contributed by atoms with Crippen LogP contribution >= 0.6 is 11.8 Å². The number of nitrogens with zero attached hydrogens (tertiary/aromatic N) is 4. The number of nitrogens with one attached hydrogen (secondary N) is 2. The number of rotatable bonds is 9. The minimum atomic E-state index is -0.548. The molecule has 0 spiro atoms. The molecule has 0 aliphatic rings. The Bertz CT molecular complexity index is 1150. The zero-order chi connectivity index (χ0) is 24.0. The zero-order valence-corrected chi connectivity index (χ0v) is 19.2. The predicted molar refractivity (Wildman–Crippen MR) is 125 cm³/mol. The highest BCUT2D eigenvalue weighted by atomic mass is 32.2. The van der Waals surface area contributed by atoms with Crippen LogP contribution in [0.15, 0.2) is 59.8 Å². The number of nitro groups is 1. The van der Waals surface area contributed by atoms with E-state index in [-0.39, 0.29) is 35.0 Å². The van der Waals surface area contributed by atoms with Crippen molar-refractivity contribution < 1.29 is 14.5 Å². The molecule has 1 heterocycles. The van der Waals surface area contributed by atoms with E-state index in [2.05, 4.69) is 20.8 Å². The lowest BCUT2D eigenvalue weighted by Gasteiger charge is -2.21. The van der Waals surface area contributed by atoms with Crippen molar-refractivity contribution in [1.29, 1.82) is 0 Å². The molecule has 0 saturated carbocycles. The van der Waals surface area contributed by atoms with E-state index in [1.165, 1.54) is 18.2 Å². The van der Waals surface area contributed by atoms with E-state index < -0.39 is 10.8 Å². The molecular weight excluding hydrogens is 444 g/mol. The van der Waals surface area contributed by atoms with Crippen LogP contribution in [-0.4, -0.2) is 37.3 Å². The summed E-state index contributed by atoms with van der Waals surface area (Å²) in [5, 5.41) is 25.6. The Balaban J connectivity index is 1.67. The van der Waals surface area contributed by atoms with Crippen LogP contribution in [0.4, 0.5) is 11.4 Å². The summed E-state index contributed by atoms with van der Waals surface area (Å²) >= 11 is 1.15. The summed E-state index contributed by atoms with van der Waals surface area (Å²) in [5.74, 6) is -0.0241. The van der Waals surface area contributed by atoms with Gasteiger partial charge >= 0.3 is 0 Å². The number of nitro benzene ring substituents is 1. The van der Waals surface area contributed by atoms with Gasteiger partial charge in [0.05, 0.1) is 16.7 Å². The first kappa shape index (κ1) is 23.9. The van der Waals surface area contributed by atoms with Crippen molar-refractivity contribution in [2.45, 2.75) is 25.0 Å². The van der Waals surface area contributed by atoms with Crippen LogP contribution in [0.5, 0.6) is 0 Å². The normalized spacial score (nSPS) is 11.8. The minimum Gasteiger partial charge on any atom is -0.342 e. The molecule has 3 aromatic rings. The van der Waals surface area contributed by atoms with Crippen LogP contribution in [0.2, 0.25) is 0 Å². The van der Waals surface area contributed by atoms with Crippen LogP contribution < -0.4 is 10.6 Å². The molecule has 2 N–H and O–H groups in total. The van der Waals surface area contributed by atoms with Crippen LogP contribution in [0.25, 0.3) is 0 Å². The van der Waals surface area contributed by atoms with Gasteiger partial charge < -0.3 is 15.2 Å². The summed E-state index contributed by atoms with van der Waals surface area (Å²) in [4.78, 5) is 35.6. The Labute approximate surface area is 194 Å². The highest BCUT2D eigenvalue weighted by Crippen LogP contribution is 2.26. The predicted octanol–water partition coefficient (Wildman–Crippen LogP) is 3.58. The van der Waals surface area contributed by atoms with Gasteiger partial charge in [0, 0.05) is 18.7 Å². The zero-order valence-electron chi connectivity index (χ0n) is 18.4. The molecule has 1 aromatic heterocycles. The monoisotopic (exact) mass is 468 g/mol. The number of thioether (sulfide) groups is 1. The van der Waals surface area contributed by atoms with Crippen LogP contribution in [0, 0.1) is 16.0 Å². The molecule has 0 bridgehead atoms. The quantitative estimate of drug-likeness (QED) is 0.279. The number of amides is 2. The smallest absolute Gasteiger partial charge is 0.292 e. The number of carbonyl (C=O) groups is 2. The second-order valence-electron chi connectivity index (χ2n) is 7.57. The van der Waals surface area contributed by atoms with Crippen LogP contribution in [-0.2, 0) is 11.8 Å². The van der Waals surface area contributed by atoms with Crippen molar-refractivity contribution in [2.24, 2.45) is 13.0 Å². The number of benzene rings is 2. The molecule has 33 heavy (non-hydrogen) atoms. The number of hydrogen-bond donors (Lipinski definition) is 2. The Morgan fingerprint density at radius 2 is 1.76 bits per heavy atom. The molecule has 0 aliphatic carbocycles. The van der Waals surface area contributed by atoms with E-state index in [0.717, 1.165) is 11.8 Å². The second kappa shape index (κ2) is 10.7. The van der Waals surface area contributed by atoms with Gasteiger partial charge in [-0.1, -0.05) is 55.9 Å². The van der Waals surface area contributed by atoms with Crippen LogP contribution in [0.1, 0.15) is 36.1 Å². The van der Waals surface area contributed by atoms with Crippen molar-refractivity contribution in [3.05, 3.63) is 76.1 Å². The molecule has 0 fully saturated rings. The average Bonchev–Trinajstić information content (AvgIpc) is 3.16. The van der Waals surface area contributed by atoms with E-state index in [4.69, 9.17) is 0 Å². The van der Waals surface area contributed by atoms with Gasteiger partial charge in [0.1, 0.15) is 5.69 Å². The summed E-state index contributed by atoms with van der Waals surface area (Å²) in [7, 11) is 1.77. The van der Waals surface area contributed by atoms with Crippen molar-refractivity contribution in [2.75, 3.05) is 11.1 Å². The second-order valence-corrected chi connectivity index (χ2v) is 8.51. The van der Waals surface area contributed by atoms with E-state index in [9.17, 15) is 19.7 Å². The topological polar surface area (TPSA) is 132 Å². The lowest BCUT2D eigenvalue weighted by atomic mass is 10.0. The fraction of sp³-hybridized carbons (Fsp3) is 0.273. The maximum Gasteiger partial charge on any atom is 0.292 e. The summed E-state index contributed by atoms with van der Waals surface area (Å²) < 4.78 is 1.73. The Kier molecular flexibility index (Phi) is 7.78. The third-order valence-corrected chi connectivity index (χ3v) is 5.86. The molecule has 0 saturated heterocycles. The third kappa shape index (κ3) is 5.95. The van der Waals surface area contributed by atoms with Gasteiger partial charge in [-0.15, -0.1) is 10.2 Å². The van der Waals surface area contributed by atoms with E-state index in [1.54, 1.807) is 41.9 Å². The van der Waals surface area contributed by atoms with E-state index >= 15 is 0 Å². The van der Waals surface area contributed by atoms with Gasteiger partial charge in [0.25, 0.3) is 11.6 Å². The Hall–Kier alpha value is -3.73. The third-order valence-electron chi connectivity index (χ3n) is 4.84. The number of hydrogen-bond acceptors (Lipinski definition) is 7. The largest absolute Gasteiger partial charge is 0.342 e. The lowest BCUT2D eigenvalue weighted by molar-refractivity contribution is -0.383. The maximum atomic E-state index is 12.6. The van der Waals surface area contributed by atoms with E-state index in [0.29, 0.717) is 16.5 Å². The molecule has 0 unspecified atom stereocenters. The van der Waals surface area contributed by atoms with Crippen LogP contribution in [0.3, 0.4) is 0 Å². The fourth-order valence-corrected chi connectivity index (χ4v) is 3.84. The number of carbonyl (C=O) groups excluding carboxylic acids is 2. The lowest BCUT2D eigenvalue weighted by Crippen LogP contribution is -2.33. The molecule has 11 heteroatoms. The molecular formula is C22H24N6O4S. The maximum absolute atomic E-state index is 12.6. The number of anilines is 1. The van der Waals surface area contributed by atoms with Gasteiger partial charge in [0.2, 0.25) is 5.91 Å². The first-order valence-electron chi connectivity index (χ1n) is 10.2. The fourth-order valence-electron chi connectivity index (χ4n) is 3.12. The molecule has 0 aliphatic heterocycles. The summed E-state index contributed by atoms with van der Waals surface area (Å²) in [6.45, 7) is 3.94. The Morgan fingerprint density at radius 1 is 1.09 bits per heavy atom. The van der Waals surface area contributed by atoms with E-state index in [1.807, 2.05) is 19.9 Å². The molecule has 0 radical (unpaired) electrons. The van der Waals surface area contributed by atoms with Crippen molar-refractivity contribution >= 4 is 35.0 Å². The van der Waals surface area contributed by atoms with Gasteiger partial charge in [-0.2, -0.15) is 0 Å². The first-order chi connectivity index (χ1) is 15.8. The standard InChI is InChI=1S/C22H24N6O4S/c1-14(2)19(24-21(30)15-9-5-4-6-10-15)20-25-26-22(27(20)3)33-13-18(29)23-16-11-7-8-12-17(16)28(31)32/h4-12,14,19H,13H2,1-3H3,(H,23,29)(H,24,30)/t19-/m1/s1. The molecule has 3 rings (SSSR count).